The smallest absolute Gasteiger partial charge is 0.255 e. The average Bonchev–Trinajstić information content (AvgIpc) is 3.64. The van der Waals surface area contributed by atoms with E-state index in [9.17, 15) is 14.4 Å². The number of carbonyl (C=O) groups excluding carboxylic acids is 3. The van der Waals surface area contributed by atoms with E-state index in [1.54, 1.807) is 37.3 Å². The zero-order chi connectivity index (χ0) is 31.2. The lowest BCUT2D eigenvalue weighted by Gasteiger charge is -2.26. The maximum absolute atomic E-state index is 13.7. The summed E-state index contributed by atoms with van der Waals surface area (Å²) >= 11 is 0. The number of hydrogen-bond donors (Lipinski definition) is 2. The lowest BCUT2D eigenvalue weighted by atomic mass is 10.0. The molecule has 2 bridgehead atoms. The first kappa shape index (κ1) is 30.5. The molecule has 232 valence electrons. The number of rotatable bonds is 3. The van der Waals surface area contributed by atoms with Gasteiger partial charge >= 0.3 is 0 Å². The highest BCUT2D eigenvalue weighted by molar-refractivity contribution is 5.99. The Morgan fingerprint density at radius 2 is 1.95 bits per heavy atom. The van der Waals surface area contributed by atoms with Crippen LogP contribution in [0.2, 0.25) is 0 Å². The highest BCUT2D eigenvalue weighted by Crippen LogP contribution is 2.32. The van der Waals surface area contributed by atoms with Gasteiger partial charge in [-0.05, 0) is 43.0 Å². The standard InChI is InChI=1S/C31H38N8O5/c1-20(2)28-30(41)33-9-5-11-38-13-10-32-29(38)21-7-8-25(43-4)26(16-21)44-14-6-12-39(19-27(40)36-28)31(42)22-15-24-23(34-17-22)18-35-37(24)3/h7-8,10,13,15-18,20,28H,5-6,9,11-12,14,19H2,1-4H3,(H,33,41)(H,36,40)/t28-/m1/s1. The molecule has 44 heavy (non-hydrogen) atoms. The summed E-state index contributed by atoms with van der Waals surface area (Å²) in [6, 6.07) is 6.60. The van der Waals surface area contributed by atoms with Crippen molar-refractivity contribution in [2.24, 2.45) is 13.0 Å². The van der Waals surface area contributed by atoms with E-state index in [1.807, 2.05) is 42.8 Å². The van der Waals surface area contributed by atoms with Gasteiger partial charge in [0, 0.05) is 50.8 Å². The lowest BCUT2D eigenvalue weighted by Crippen LogP contribution is -2.52. The predicted octanol–water partition coefficient (Wildman–Crippen LogP) is 2.41. The Bertz CT molecular complexity index is 1640. The van der Waals surface area contributed by atoms with E-state index in [0.29, 0.717) is 54.0 Å². The van der Waals surface area contributed by atoms with Crippen molar-refractivity contribution in [2.45, 2.75) is 39.3 Å². The Kier molecular flexibility index (Phi) is 9.41. The second kappa shape index (κ2) is 13.6. The number of nitrogens with one attached hydrogen (secondary N) is 2. The van der Waals surface area contributed by atoms with Crippen LogP contribution in [0, 0.1) is 5.92 Å². The van der Waals surface area contributed by atoms with Gasteiger partial charge < -0.3 is 29.6 Å². The van der Waals surface area contributed by atoms with Gasteiger partial charge in [-0.1, -0.05) is 13.8 Å². The van der Waals surface area contributed by atoms with E-state index in [2.05, 4.69) is 25.7 Å². The van der Waals surface area contributed by atoms with Gasteiger partial charge in [0.1, 0.15) is 17.4 Å². The molecule has 1 atom stereocenters. The number of aromatic nitrogens is 5. The molecule has 0 spiro atoms. The van der Waals surface area contributed by atoms with Crippen molar-refractivity contribution in [3.05, 3.63) is 54.6 Å². The third kappa shape index (κ3) is 6.82. The first-order valence-electron chi connectivity index (χ1n) is 14.7. The lowest BCUT2D eigenvalue weighted by molar-refractivity contribution is -0.130. The molecule has 4 heterocycles. The summed E-state index contributed by atoms with van der Waals surface area (Å²) in [7, 11) is 3.35. The first-order valence-corrected chi connectivity index (χ1v) is 14.7. The zero-order valence-electron chi connectivity index (χ0n) is 25.4. The summed E-state index contributed by atoms with van der Waals surface area (Å²) in [4.78, 5) is 50.5. The van der Waals surface area contributed by atoms with E-state index in [0.717, 1.165) is 11.4 Å². The minimum Gasteiger partial charge on any atom is -0.493 e. The fraction of sp³-hybridized carbons (Fsp3) is 0.419. The Labute approximate surface area is 255 Å². The SMILES string of the molecule is COc1ccc2cc1OCCCN(C(=O)c1cnc3cnn(C)c3c1)CC(=O)N[C@H](C(C)C)C(=O)NCCCn1ccnc1-2. The summed E-state index contributed by atoms with van der Waals surface area (Å²) in [5.74, 6) is 0.660. The van der Waals surface area contributed by atoms with Gasteiger partial charge in [-0.2, -0.15) is 5.10 Å². The Morgan fingerprint density at radius 3 is 2.75 bits per heavy atom. The second-order valence-corrected chi connectivity index (χ2v) is 11.1. The maximum Gasteiger partial charge on any atom is 0.255 e. The molecule has 0 radical (unpaired) electrons. The van der Waals surface area contributed by atoms with Gasteiger partial charge in [0.05, 0.1) is 37.5 Å². The normalized spacial score (nSPS) is 17.1. The average molecular weight is 603 g/mol. The maximum atomic E-state index is 13.7. The molecule has 0 unspecified atom stereocenters. The van der Waals surface area contributed by atoms with Gasteiger partial charge in [-0.3, -0.25) is 24.0 Å². The van der Waals surface area contributed by atoms with Gasteiger partial charge in [-0.25, -0.2) is 4.98 Å². The number of pyridine rings is 1. The van der Waals surface area contributed by atoms with Crippen LogP contribution in [0.5, 0.6) is 11.5 Å². The highest BCUT2D eigenvalue weighted by atomic mass is 16.5. The zero-order valence-corrected chi connectivity index (χ0v) is 25.4. The Morgan fingerprint density at radius 1 is 1.11 bits per heavy atom. The number of benzene rings is 1. The molecule has 2 N–H and O–H groups in total. The molecule has 0 saturated heterocycles. The van der Waals surface area contributed by atoms with Crippen LogP contribution in [0.1, 0.15) is 37.0 Å². The molecule has 3 amide bonds. The molecule has 13 nitrogen and oxygen atoms in total. The summed E-state index contributed by atoms with van der Waals surface area (Å²) in [6.45, 7) is 5.03. The van der Waals surface area contributed by atoms with Crippen LogP contribution in [0.15, 0.2) is 49.1 Å². The number of ether oxygens (including phenoxy) is 2. The number of methoxy groups -OCH3 is 1. The fourth-order valence-corrected chi connectivity index (χ4v) is 5.19. The Hall–Kier alpha value is -4.94. The molecule has 13 heteroatoms. The monoisotopic (exact) mass is 602 g/mol. The molecule has 0 aliphatic carbocycles. The van der Waals surface area contributed by atoms with Crippen LogP contribution in [0.3, 0.4) is 0 Å². The van der Waals surface area contributed by atoms with Crippen LogP contribution in [0.4, 0.5) is 0 Å². The van der Waals surface area contributed by atoms with Crippen molar-refractivity contribution in [1.82, 2.24) is 39.8 Å². The molecule has 0 fully saturated rings. The van der Waals surface area contributed by atoms with Crippen molar-refractivity contribution in [2.75, 3.05) is 33.4 Å². The largest absolute Gasteiger partial charge is 0.493 e. The molecule has 3 aromatic heterocycles. The van der Waals surface area contributed by atoms with Crippen LogP contribution < -0.4 is 20.1 Å². The number of hydrogen-bond acceptors (Lipinski definition) is 8. The van der Waals surface area contributed by atoms with Crippen molar-refractivity contribution >= 4 is 28.8 Å². The van der Waals surface area contributed by atoms with Crippen LogP contribution >= 0.6 is 0 Å². The van der Waals surface area contributed by atoms with Gasteiger partial charge in [0.15, 0.2) is 11.5 Å². The van der Waals surface area contributed by atoms with E-state index < -0.39 is 11.9 Å². The van der Waals surface area contributed by atoms with Crippen LogP contribution in [-0.2, 0) is 23.2 Å². The second-order valence-electron chi connectivity index (χ2n) is 11.1. The number of carbonyl (C=O) groups is 3. The topological polar surface area (TPSA) is 146 Å². The predicted molar refractivity (Wildman–Crippen MR) is 163 cm³/mol. The van der Waals surface area contributed by atoms with E-state index in [1.165, 1.54) is 11.1 Å². The number of imidazole rings is 1. The van der Waals surface area contributed by atoms with E-state index in [4.69, 9.17) is 9.47 Å². The fourth-order valence-electron chi connectivity index (χ4n) is 5.19. The summed E-state index contributed by atoms with van der Waals surface area (Å²) in [5.41, 5.74) is 2.55. The molecule has 1 aromatic carbocycles. The summed E-state index contributed by atoms with van der Waals surface area (Å²) in [6.07, 6.45) is 7.83. The van der Waals surface area contributed by atoms with Gasteiger partial charge in [0.25, 0.3) is 5.91 Å². The number of fused-ring (bicyclic) bond motifs is 5. The van der Waals surface area contributed by atoms with E-state index >= 15 is 0 Å². The minimum atomic E-state index is -0.755. The van der Waals surface area contributed by atoms with Gasteiger partial charge in [0.2, 0.25) is 11.8 Å². The first-order chi connectivity index (χ1) is 21.2. The molecular weight excluding hydrogens is 564 g/mol. The third-order valence-corrected chi connectivity index (χ3v) is 7.58. The van der Waals surface area contributed by atoms with Crippen molar-refractivity contribution < 1.29 is 23.9 Å². The molecule has 1 aliphatic heterocycles. The van der Waals surface area contributed by atoms with Crippen LogP contribution in [-0.4, -0.2) is 86.3 Å². The number of amides is 3. The van der Waals surface area contributed by atoms with Crippen molar-refractivity contribution in [1.29, 1.82) is 0 Å². The minimum absolute atomic E-state index is 0.163. The molecule has 0 saturated carbocycles. The number of aryl methyl sites for hydroxylation is 2. The Balaban J connectivity index is 1.42. The van der Waals surface area contributed by atoms with E-state index in [-0.39, 0.29) is 37.4 Å². The quantitative estimate of drug-likeness (QED) is 0.364. The molecular formula is C31H38N8O5. The van der Waals surface area contributed by atoms with Crippen molar-refractivity contribution in [3.63, 3.8) is 0 Å². The third-order valence-electron chi connectivity index (χ3n) is 7.58. The number of nitrogens with zero attached hydrogens (tertiary/aromatic N) is 6. The summed E-state index contributed by atoms with van der Waals surface area (Å²) < 4.78 is 15.3. The molecule has 4 aromatic rings. The molecule has 1 aliphatic rings. The van der Waals surface area contributed by atoms with Crippen molar-refractivity contribution in [3.8, 4) is 22.9 Å². The summed E-state index contributed by atoms with van der Waals surface area (Å²) in [5, 5.41) is 10.00. The highest BCUT2D eigenvalue weighted by Gasteiger charge is 2.27. The molecule has 5 rings (SSSR count). The van der Waals surface area contributed by atoms with Gasteiger partial charge in [-0.15, -0.1) is 0 Å². The van der Waals surface area contributed by atoms with Crippen LogP contribution in [0.25, 0.3) is 22.4 Å².